The first kappa shape index (κ1) is 13.6. The Morgan fingerprint density at radius 1 is 1.50 bits per heavy atom. The van der Waals surface area contributed by atoms with Crippen LogP contribution in [0.2, 0.25) is 0 Å². The van der Waals surface area contributed by atoms with Crippen molar-refractivity contribution in [3.05, 3.63) is 18.2 Å². The standard InChI is InChI=1S/C14H25N3O/c1-3-18-14(8-4-5-9-14)12(15)6-7-13-16-10-11-17(13)2/h10-12H,3-9,15H2,1-2H3. The molecule has 0 saturated heterocycles. The molecule has 1 aliphatic carbocycles. The Bertz CT molecular complexity index is 369. The summed E-state index contributed by atoms with van der Waals surface area (Å²) in [6.45, 7) is 2.82. The number of rotatable bonds is 6. The van der Waals surface area contributed by atoms with Crippen LogP contribution in [0.3, 0.4) is 0 Å². The van der Waals surface area contributed by atoms with E-state index in [0.29, 0.717) is 0 Å². The zero-order valence-electron chi connectivity index (χ0n) is 11.6. The largest absolute Gasteiger partial charge is 0.374 e. The zero-order valence-corrected chi connectivity index (χ0v) is 11.6. The Labute approximate surface area is 110 Å². The van der Waals surface area contributed by atoms with Crippen molar-refractivity contribution in [1.82, 2.24) is 9.55 Å². The van der Waals surface area contributed by atoms with E-state index in [4.69, 9.17) is 10.5 Å². The number of nitrogens with zero attached hydrogens (tertiary/aromatic N) is 2. The summed E-state index contributed by atoms with van der Waals surface area (Å²) >= 11 is 0. The minimum absolute atomic E-state index is 0.0695. The van der Waals surface area contributed by atoms with E-state index in [9.17, 15) is 0 Å². The summed E-state index contributed by atoms with van der Waals surface area (Å²) in [5.41, 5.74) is 6.34. The molecule has 1 aliphatic rings. The molecule has 0 amide bonds. The molecular weight excluding hydrogens is 226 g/mol. The van der Waals surface area contributed by atoms with Crippen LogP contribution in [-0.4, -0.2) is 27.8 Å². The van der Waals surface area contributed by atoms with E-state index >= 15 is 0 Å². The first-order chi connectivity index (χ1) is 8.68. The molecule has 102 valence electrons. The summed E-state index contributed by atoms with van der Waals surface area (Å²) < 4.78 is 8.06. The van der Waals surface area contributed by atoms with Crippen LogP contribution in [0.1, 0.15) is 44.9 Å². The van der Waals surface area contributed by atoms with Crippen LogP contribution in [0.15, 0.2) is 12.4 Å². The normalized spacial score (nSPS) is 20.2. The fourth-order valence-electron chi connectivity index (χ4n) is 3.07. The molecule has 1 atom stereocenters. The number of nitrogens with two attached hydrogens (primary N) is 1. The quantitative estimate of drug-likeness (QED) is 0.841. The third kappa shape index (κ3) is 2.75. The maximum atomic E-state index is 6.40. The SMILES string of the molecule is CCOC1(C(N)CCc2nccn2C)CCCC1. The van der Waals surface area contributed by atoms with Crippen molar-refractivity contribution in [1.29, 1.82) is 0 Å². The van der Waals surface area contributed by atoms with Crippen molar-refractivity contribution < 1.29 is 4.74 Å². The number of imidazole rings is 1. The molecule has 1 fully saturated rings. The van der Waals surface area contributed by atoms with Gasteiger partial charge in [0.15, 0.2) is 0 Å². The molecule has 1 aromatic rings. The maximum absolute atomic E-state index is 6.40. The number of hydrogen-bond donors (Lipinski definition) is 1. The van der Waals surface area contributed by atoms with Gasteiger partial charge in [0.05, 0.1) is 5.60 Å². The van der Waals surface area contributed by atoms with Crippen molar-refractivity contribution in [2.24, 2.45) is 12.8 Å². The van der Waals surface area contributed by atoms with Crippen molar-refractivity contribution in [2.75, 3.05) is 6.61 Å². The molecule has 1 heterocycles. The topological polar surface area (TPSA) is 53.1 Å². The van der Waals surface area contributed by atoms with E-state index in [0.717, 1.165) is 38.1 Å². The Kier molecular flexibility index (Phi) is 4.40. The van der Waals surface area contributed by atoms with Crippen molar-refractivity contribution >= 4 is 0 Å². The van der Waals surface area contributed by atoms with Gasteiger partial charge in [-0.25, -0.2) is 4.98 Å². The molecule has 4 heteroatoms. The van der Waals surface area contributed by atoms with E-state index in [1.807, 2.05) is 19.4 Å². The number of hydrogen-bond acceptors (Lipinski definition) is 3. The first-order valence-corrected chi connectivity index (χ1v) is 7.03. The summed E-state index contributed by atoms with van der Waals surface area (Å²) in [6.07, 6.45) is 10.4. The summed E-state index contributed by atoms with van der Waals surface area (Å²) in [7, 11) is 2.03. The predicted octanol–water partition coefficient (Wildman–Crippen LogP) is 2.03. The number of aromatic nitrogens is 2. The monoisotopic (exact) mass is 251 g/mol. The molecule has 4 nitrogen and oxygen atoms in total. The highest BCUT2D eigenvalue weighted by Crippen LogP contribution is 2.36. The lowest BCUT2D eigenvalue weighted by Crippen LogP contribution is -2.48. The third-order valence-electron chi connectivity index (χ3n) is 4.16. The van der Waals surface area contributed by atoms with Gasteiger partial charge in [0.1, 0.15) is 5.82 Å². The Morgan fingerprint density at radius 3 is 2.78 bits per heavy atom. The van der Waals surface area contributed by atoms with Gasteiger partial charge >= 0.3 is 0 Å². The van der Waals surface area contributed by atoms with E-state index in [-0.39, 0.29) is 11.6 Å². The van der Waals surface area contributed by atoms with Gasteiger partial charge in [-0.2, -0.15) is 0 Å². The zero-order chi connectivity index (χ0) is 13.0. The lowest BCUT2D eigenvalue weighted by atomic mass is 9.89. The molecule has 0 aliphatic heterocycles. The second-order valence-corrected chi connectivity index (χ2v) is 5.30. The van der Waals surface area contributed by atoms with Crippen molar-refractivity contribution in [2.45, 2.75) is 57.1 Å². The van der Waals surface area contributed by atoms with Gasteiger partial charge in [-0.1, -0.05) is 12.8 Å². The van der Waals surface area contributed by atoms with Gasteiger partial charge in [-0.3, -0.25) is 0 Å². The lowest BCUT2D eigenvalue weighted by molar-refractivity contribution is -0.0542. The van der Waals surface area contributed by atoms with E-state index in [1.165, 1.54) is 12.8 Å². The average Bonchev–Trinajstić information content (AvgIpc) is 2.97. The highest BCUT2D eigenvalue weighted by molar-refractivity contribution is 4.98. The van der Waals surface area contributed by atoms with Gasteiger partial charge in [-0.05, 0) is 26.2 Å². The van der Waals surface area contributed by atoms with Crippen LogP contribution < -0.4 is 5.73 Å². The van der Waals surface area contributed by atoms with Crippen molar-refractivity contribution in [3.63, 3.8) is 0 Å². The lowest BCUT2D eigenvalue weighted by Gasteiger charge is -2.35. The van der Waals surface area contributed by atoms with Crippen LogP contribution in [0.25, 0.3) is 0 Å². The summed E-state index contributed by atoms with van der Waals surface area (Å²) in [5, 5.41) is 0. The highest BCUT2D eigenvalue weighted by atomic mass is 16.5. The summed E-state index contributed by atoms with van der Waals surface area (Å²) in [4.78, 5) is 4.35. The molecule has 0 aromatic carbocycles. The van der Waals surface area contributed by atoms with Gasteiger partial charge < -0.3 is 15.0 Å². The van der Waals surface area contributed by atoms with Crippen LogP contribution >= 0.6 is 0 Å². The minimum atomic E-state index is -0.0695. The Hall–Kier alpha value is -0.870. The first-order valence-electron chi connectivity index (χ1n) is 7.03. The van der Waals surface area contributed by atoms with Gasteiger partial charge in [0, 0.05) is 38.5 Å². The van der Waals surface area contributed by atoms with E-state index < -0.39 is 0 Å². The number of aryl methyl sites for hydroxylation is 2. The van der Waals surface area contributed by atoms with Crippen LogP contribution in [-0.2, 0) is 18.2 Å². The molecule has 18 heavy (non-hydrogen) atoms. The average molecular weight is 251 g/mol. The van der Waals surface area contributed by atoms with E-state index in [1.54, 1.807) is 0 Å². The second kappa shape index (κ2) is 5.85. The Balaban J connectivity index is 1.93. The third-order valence-corrected chi connectivity index (χ3v) is 4.16. The highest BCUT2D eigenvalue weighted by Gasteiger charge is 2.39. The van der Waals surface area contributed by atoms with Crippen LogP contribution in [0.5, 0.6) is 0 Å². The summed E-state index contributed by atoms with van der Waals surface area (Å²) in [5.74, 6) is 1.11. The smallest absolute Gasteiger partial charge is 0.108 e. The molecule has 1 aromatic heterocycles. The molecule has 1 unspecified atom stereocenters. The molecule has 1 saturated carbocycles. The minimum Gasteiger partial charge on any atom is -0.374 e. The molecule has 0 spiro atoms. The molecule has 0 radical (unpaired) electrons. The number of ether oxygens (including phenoxy) is 1. The van der Waals surface area contributed by atoms with Crippen LogP contribution in [0.4, 0.5) is 0 Å². The molecule has 0 bridgehead atoms. The molecular formula is C14H25N3O. The van der Waals surface area contributed by atoms with Crippen molar-refractivity contribution in [3.8, 4) is 0 Å². The second-order valence-electron chi connectivity index (χ2n) is 5.30. The van der Waals surface area contributed by atoms with Crippen LogP contribution in [0, 0.1) is 0 Å². The summed E-state index contributed by atoms with van der Waals surface area (Å²) in [6, 6.07) is 0.122. The predicted molar refractivity (Wildman–Crippen MR) is 72.3 cm³/mol. The molecule has 2 N–H and O–H groups in total. The maximum Gasteiger partial charge on any atom is 0.108 e. The molecule has 2 rings (SSSR count). The van der Waals surface area contributed by atoms with E-state index in [2.05, 4.69) is 16.5 Å². The Morgan fingerprint density at radius 2 is 2.22 bits per heavy atom. The fourth-order valence-corrected chi connectivity index (χ4v) is 3.07. The fraction of sp³-hybridized carbons (Fsp3) is 0.786. The van der Waals surface area contributed by atoms with Gasteiger partial charge in [-0.15, -0.1) is 0 Å². The van der Waals surface area contributed by atoms with Gasteiger partial charge in [0.25, 0.3) is 0 Å². The van der Waals surface area contributed by atoms with Gasteiger partial charge in [0.2, 0.25) is 0 Å².